The van der Waals surface area contributed by atoms with Crippen LogP contribution in [0.2, 0.25) is 0 Å². The maximum Gasteiger partial charge on any atom is 0.262 e. The van der Waals surface area contributed by atoms with Crippen LogP contribution in [0.15, 0.2) is 29.8 Å². The van der Waals surface area contributed by atoms with E-state index in [4.69, 9.17) is 4.74 Å². The first-order valence-electron chi connectivity index (χ1n) is 7.71. The Kier molecular flexibility index (Phi) is 5.60. The van der Waals surface area contributed by atoms with Gasteiger partial charge in [0, 0.05) is 11.6 Å². The molecule has 0 bridgehead atoms. The monoisotopic (exact) mass is 298 g/mol. The number of hydrogen-bond donors (Lipinski definition) is 1. The molecule has 4 nitrogen and oxygen atoms in total. The standard InChI is InChI=1S/C18H22N2O2/c1-13-7-3-5-9-16(13)20-18(21)15(12-19)11-14-8-4-6-10-17(14)22-2/h4,6,8,10-11,13,16H,3,5,7,9H2,1-2H3,(H,20,21)/b15-11+/t13-,16+/m0/s1. The third-order valence-corrected chi connectivity index (χ3v) is 4.23. The summed E-state index contributed by atoms with van der Waals surface area (Å²) in [5, 5.41) is 12.3. The van der Waals surface area contributed by atoms with Crippen molar-refractivity contribution in [1.29, 1.82) is 5.26 Å². The Balaban J connectivity index is 2.15. The molecule has 1 aromatic rings. The summed E-state index contributed by atoms with van der Waals surface area (Å²) in [6.45, 7) is 2.15. The molecule has 0 aromatic heterocycles. The van der Waals surface area contributed by atoms with E-state index in [1.807, 2.05) is 30.3 Å². The lowest BCUT2D eigenvalue weighted by molar-refractivity contribution is -0.118. The Morgan fingerprint density at radius 2 is 2.09 bits per heavy atom. The van der Waals surface area contributed by atoms with Crippen molar-refractivity contribution in [3.05, 3.63) is 35.4 Å². The first-order chi connectivity index (χ1) is 10.7. The Labute approximate surface area is 131 Å². The van der Waals surface area contributed by atoms with Crippen LogP contribution in [0.4, 0.5) is 0 Å². The zero-order valence-corrected chi connectivity index (χ0v) is 13.1. The normalized spacial score (nSPS) is 21.8. The molecule has 1 fully saturated rings. The number of nitrogens with zero attached hydrogens (tertiary/aromatic N) is 1. The van der Waals surface area contributed by atoms with Gasteiger partial charge in [-0.25, -0.2) is 0 Å². The van der Waals surface area contributed by atoms with Crippen molar-refractivity contribution >= 4 is 12.0 Å². The summed E-state index contributed by atoms with van der Waals surface area (Å²) in [7, 11) is 1.57. The van der Waals surface area contributed by atoms with Crippen molar-refractivity contribution in [3.8, 4) is 11.8 Å². The fourth-order valence-electron chi connectivity index (χ4n) is 2.87. The molecule has 1 amide bonds. The minimum Gasteiger partial charge on any atom is -0.496 e. The highest BCUT2D eigenvalue weighted by atomic mass is 16.5. The number of ether oxygens (including phenoxy) is 1. The van der Waals surface area contributed by atoms with Crippen molar-refractivity contribution in [2.75, 3.05) is 7.11 Å². The molecule has 4 heteroatoms. The second-order valence-corrected chi connectivity index (χ2v) is 5.75. The van der Waals surface area contributed by atoms with Gasteiger partial charge in [-0.05, 0) is 30.9 Å². The van der Waals surface area contributed by atoms with E-state index in [0.717, 1.165) is 24.8 Å². The van der Waals surface area contributed by atoms with Gasteiger partial charge in [0.1, 0.15) is 17.4 Å². The second kappa shape index (κ2) is 7.65. The summed E-state index contributed by atoms with van der Waals surface area (Å²) in [5.74, 6) is 0.810. The Hall–Kier alpha value is -2.28. The highest BCUT2D eigenvalue weighted by Crippen LogP contribution is 2.24. The van der Waals surface area contributed by atoms with E-state index in [2.05, 4.69) is 12.2 Å². The van der Waals surface area contributed by atoms with Crippen LogP contribution in [0.3, 0.4) is 0 Å². The van der Waals surface area contributed by atoms with Gasteiger partial charge >= 0.3 is 0 Å². The Morgan fingerprint density at radius 3 is 2.77 bits per heavy atom. The minimum atomic E-state index is -0.299. The first-order valence-corrected chi connectivity index (χ1v) is 7.71. The number of para-hydroxylation sites is 1. The average Bonchev–Trinajstić information content (AvgIpc) is 2.55. The lowest BCUT2D eigenvalue weighted by Gasteiger charge is -2.29. The summed E-state index contributed by atoms with van der Waals surface area (Å²) in [6.07, 6.45) is 6.05. The number of methoxy groups -OCH3 is 1. The molecule has 0 unspecified atom stereocenters. The van der Waals surface area contributed by atoms with E-state index in [0.29, 0.717) is 11.7 Å². The zero-order valence-electron chi connectivity index (χ0n) is 13.1. The van der Waals surface area contributed by atoms with Crippen LogP contribution in [0.5, 0.6) is 5.75 Å². The average molecular weight is 298 g/mol. The first kappa shape index (κ1) is 16.1. The number of nitriles is 1. The summed E-state index contributed by atoms with van der Waals surface area (Å²) in [4.78, 5) is 12.3. The van der Waals surface area contributed by atoms with Crippen molar-refractivity contribution in [3.63, 3.8) is 0 Å². The van der Waals surface area contributed by atoms with Gasteiger partial charge in [0.15, 0.2) is 0 Å². The second-order valence-electron chi connectivity index (χ2n) is 5.75. The lowest BCUT2D eigenvalue weighted by Crippen LogP contribution is -2.41. The molecule has 22 heavy (non-hydrogen) atoms. The highest BCUT2D eigenvalue weighted by molar-refractivity contribution is 6.02. The van der Waals surface area contributed by atoms with Gasteiger partial charge in [-0.1, -0.05) is 38.0 Å². The van der Waals surface area contributed by atoms with Gasteiger partial charge in [0.2, 0.25) is 0 Å². The molecule has 1 aromatic carbocycles. The number of nitrogens with one attached hydrogen (secondary N) is 1. The molecule has 1 aliphatic carbocycles. The number of carbonyl (C=O) groups is 1. The molecule has 2 rings (SSSR count). The molecule has 116 valence electrons. The Morgan fingerprint density at radius 1 is 1.36 bits per heavy atom. The molecule has 0 spiro atoms. The molecule has 0 aliphatic heterocycles. The molecular weight excluding hydrogens is 276 g/mol. The molecule has 1 N–H and O–H groups in total. The molecule has 0 saturated heterocycles. The summed E-state index contributed by atoms with van der Waals surface area (Å²) in [5.41, 5.74) is 0.843. The maximum atomic E-state index is 12.3. The van der Waals surface area contributed by atoms with E-state index in [-0.39, 0.29) is 17.5 Å². The van der Waals surface area contributed by atoms with Gasteiger partial charge in [-0.15, -0.1) is 0 Å². The van der Waals surface area contributed by atoms with E-state index < -0.39 is 0 Å². The van der Waals surface area contributed by atoms with E-state index >= 15 is 0 Å². The number of hydrogen-bond acceptors (Lipinski definition) is 3. The van der Waals surface area contributed by atoms with Crippen LogP contribution >= 0.6 is 0 Å². The van der Waals surface area contributed by atoms with Crippen LogP contribution in [-0.4, -0.2) is 19.1 Å². The Bertz CT molecular complexity index is 601. The maximum absolute atomic E-state index is 12.3. The van der Waals surface area contributed by atoms with Crippen LogP contribution in [0.1, 0.15) is 38.2 Å². The van der Waals surface area contributed by atoms with Crippen LogP contribution in [-0.2, 0) is 4.79 Å². The topological polar surface area (TPSA) is 62.1 Å². The van der Waals surface area contributed by atoms with Gasteiger partial charge in [-0.3, -0.25) is 4.79 Å². The molecule has 1 aliphatic rings. The van der Waals surface area contributed by atoms with Gasteiger partial charge in [0.25, 0.3) is 5.91 Å². The summed E-state index contributed by atoms with van der Waals surface area (Å²) in [6, 6.07) is 9.50. The number of amides is 1. The van der Waals surface area contributed by atoms with Gasteiger partial charge in [-0.2, -0.15) is 5.26 Å². The van der Waals surface area contributed by atoms with Crippen molar-refractivity contribution in [2.45, 2.75) is 38.6 Å². The van der Waals surface area contributed by atoms with Gasteiger partial charge in [0.05, 0.1) is 7.11 Å². The lowest BCUT2D eigenvalue weighted by atomic mass is 9.86. The molecular formula is C18H22N2O2. The highest BCUT2D eigenvalue weighted by Gasteiger charge is 2.24. The fourth-order valence-corrected chi connectivity index (χ4v) is 2.87. The number of carbonyl (C=O) groups excluding carboxylic acids is 1. The van der Waals surface area contributed by atoms with Gasteiger partial charge < -0.3 is 10.1 Å². The molecule has 0 radical (unpaired) electrons. The quantitative estimate of drug-likeness (QED) is 0.685. The SMILES string of the molecule is COc1ccccc1/C=C(\C#N)C(=O)N[C@@H]1CCCC[C@@H]1C. The summed E-state index contributed by atoms with van der Waals surface area (Å²) >= 11 is 0. The van der Waals surface area contributed by atoms with E-state index in [1.165, 1.54) is 6.42 Å². The van der Waals surface area contributed by atoms with Crippen molar-refractivity contribution in [2.24, 2.45) is 5.92 Å². The fraction of sp³-hybridized carbons (Fsp3) is 0.444. The zero-order chi connectivity index (χ0) is 15.9. The molecule has 0 heterocycles. The summed E-state index contributed by atoms with van der Waals surface area (Å²) < 4.78 is 5.25. The van der Waals surface area contributed by atoms with Crippen LogP contribution in [0.25, 0.3) is 6.08 Å². The predicted molar refractivity (Wildman–Crippen MR) is 86.1 cm³/mol. The van der Waals surface area contributed by atoms with Crippen LogP contribution < -0.4 is 10.1 Å². The smallest absolute Gasteiger partial charge is 0.262 e. The molecule has 2 atom stereocenters. The van der Waals surface area contributed by atoms with Crippen molar-refractivity contribution < 1.29 is 9.53 Å². The third-order valence-electron chi connectivity index (χ3n) is 4.23. The number of rotatable bonds is 4. The van der Waals surface area contributed by atoms with E-state index in [9.17, 15) is 10.1 Å². The minimum absolute atomic E-state index is 0.113. The third kappa shape index (κ3) is 3.88. The van der Waals surface area contributed by atoms with E-state index in [1.54, 1.807) is 13.2 Å². The van der Waals surface area contributed by atoms with Crippen LogP contribution in [0, 0.1) is 17.2 Å². The molecule has 1 saturated carbocycles. The predicted octanol–water partition coefficient (Wildman–Crippen LogP) is 3.30. The van der Waals surface area contributed by atoms with Crippen molar-refractivity contribution in [1.82, 2.24) is 5.32 Å². The number of benzene rings is 1. The largest absolute Gasteiger partial charge is 0.496 e.